The zero-order valence-electron chi connectivity index (χ0n) is 12.6. The third-order valence-corrected chi connectivity index (χ3v) is 3.33. The standard InChI is InChI=1S/C12H31N4O3P/c1-2-3-4-5-12-18-20(17)19-16-11-10-15-9-8-14-7-6-13/h14-16,20H,2-13H2,1H3. The van der Waals surface area contributed by atoms with Gasteiger partial charge in [-0.1, -0.05) is 26.2 Å². The molecule has 1 atom stereocenters. The van der Waals surface area contributed by atoms with Gasteiger partial charge in [0.15, 0.2) is 0 Å². The zero-order chi connectivity index (χ0) is 14.9. The Labute approximate surface area is 123 Å². The first-order chi connectivity index (χ1) is 9.81. The normalized spacial score (nSPS) is 12.7. The Hall–Kier alpha value is -0.0100. The SMILES string of the molecule is CCCCCCO[PH](=O)ONCCNCCNCCN. The number of nitrogens with two attached hydrogens (primary N) is 1. The molecule has 122 valence electrons. The fourth-order valence-electron chi connectivity index (χ4n) is 1.49. The Morgan fingerprint density at radius 3 is 2.40 bits per heavy atom. The molecule has 0 heterocycles. The minimum atomic E-state index is -2.40. The van der Waals surface area contributed by atoms with Gasteiger partial charge in [-0.3, -0.25) is 4.57 Å². The van der Waals surface area contributed by atoms with Crippen molar-refractivity contribution in [3.63, 3.8) is 0 Å². The summed E-state index contributed by atoms with van der Waals surface area (Å²) in [6.07, 6.45) is 4.42. The Kier molecular flexibility index (Phi) is 17.0. The molecule has 0 aliphatic carbocycles. The lowest BCUT2D eigenvalue weighted by molar-refractivity contribution is 0.155. The van der Waals surface area contributed by atoms with Gasteiger partial charge in [-0.25, -0.2) is 4.62 Å². The van der Waals surface area contributed by atoms with E-state index in [2.05, 4.69) is 23.0 Å². The number of hydrogen-bond acceptors (Lipinski definition) is 7. The maximum absolute atomic E-state index is 11.3. The summed E-state index contributed by atoms with van der Waals surface area (Å²) in [5.74, 6) is 0. The Bertz CT molecular complexity index is 223. The van der Waals surface area contributed by atoms with Crippen LogP contribution in [-0.4, -0.2) is 45.9 Å². The van der Waals surface area contributed by atoms with Crippen LogP contribution in [0.15, 0.2) is 0 Å². The lowest BCUT2D eigenvalue weighted by atomic mass is 10.2. The summed E-state index contributed by atoms with van der Waals surface area (Å²) in [5.41, 5.74) is 7.99. The predicted octanol–water partition coefficient (Wildman–Crippen LogP) is 0.632. The van der Waals surface area contributed by atoms with Crippen molar-refractivity contribution >= 4 is 8.25 Å². The molecular weight excluding hydrogens is 279 g/mol. The molecular formula is C12H31N4O3P. The molecule has 0 aliphatic rings. The molecule has 0 fully saturated rings. The molecule has 7 nitrogen and oxygen atoms in total. The molecule has 0 saturated heterocycles. The van der Waals surface area contributed by atoms with Crippen LogP contribution in [0.1, 0.15) is 32.6 Å². The average molecular weight is 310 g/mol. The minimum absolute atomic E-state index is 0.505. The van der Waals surface area contributed by atoms with Crippen molar-refractivity contribution in [1.29, 1.82) is 0 Å². The van der Waals surface area contributed by atoms with Crippen LogP contribution in [0.2, 0.25) is 0 Å². The van der Waals surface area contributed by atoms with Crippen molar-refractivity contribution in [2.45, 2.75) is 32.6 Å². The van der Waals surface area contributed by atoms with E-state index >= 15 is 0 Å². The first kappa shape index (κ1) is 20.0. The van der Waals surface area contributed by atoms with Crippen LogP contribution in [0.4, 0.5) is 0 Å². The molecule has 0 aromatic carbocycles. The van der Waals surface area contributed by atoms with Crippen LogP contribution in [0.3, 0.4) is 0 Å². The van der Waals surface area contributed by atoms with Crippen molar-refractivity contribution in [1.82, 2.24) is 16.1 Å². The highest BCUT2D eigenvalue weighted by atomic mass is 31.1. The summed E-state index contributed by atoms with van der Waals surface area (Å²) in [5, 5.41) is 6.38. The molecule has 1 unspecified atom stereocenters. The monoisotopic (exact) mass is 310 g/mol. The van der Waals surface area contributed by atoms with Crippen LogP contribution in [0, 0.1) is 0 Å². The molecule has 0 aromatic heterocycles. The molecule has 0 saturated carbocycles. The first-order valence-electron chi connectivity index (χ1n) is 7.49. The maximum atomic E-state index is 11.3. The second-order valence-electron chi connectivity index (χ2n) is 4.44. The van der Waals surface area contributed by atoms with E-state index in [1.54, 1.807) is 0 Å². The summed E-state index contributed by atoms with van der Waals surface area (Å²) in [6, 6.07) is 0. The van der Waals surface area contributed by atoms with Gasteiger partial charge in [0.25, 0.3) is 0 Å². The van der Waals surface area contributed by atoms with Gasteiger partial charge in [-0.2, -0.15) is 5.48 Å². The van der Waals surface area contributed by atoms with E-state index in [9.17, 15) is 4.57 Å². The van der Waals surface area contributed by atoms with Gasteiger partial charge >= 0.3 is 8.25 Å². The molecule has 0 amide bonds. The van der Waals surface area contributed by atoms with Crippen molar-refractivity contribution in [2.75, 3.05) is 45.9 Å². The molecule has 0 bridgehead atoms. The highest BCUT2D eigenvalue weighted by Crippen LogP contribution is 2.21. The fraction of sp³-hybridized carbons (Fsp3) is 1.00. The highest BCUT2D eigenvalue weighted by Gasteiger charge is 1.99. The van der Waals surface area contributed by atoms with Crippen LogP contribution in [0.25, 0.3) is 0 Å². The Morgan fingerprint density at radius 2 is 1.70 bits per heavy atom. The molecule has 0 rings (SSSR count). The van der Waals surface area contributed by atoms with Crippen molar-refractivity contribution in [3.05, 3.63) is 0 Å². The summed E-state index contributed by atoms with van der Waals surface area (Å²) < 4.78 is 21.3. The van der Waals surface area contributed by atoms with Gasteiger partial charge in [-0.05, 0) is 6.42 Å². The van der Waals surface area contributed by atoms with Gasteiger partial charge in [-0.15, -0.1) is 0 Å². The van der Waals surface area contributed by atoms with E-state index in [1.807, 2.05) is 0 Å². The van der Waals surface area contributed by atoms with Gasteiger partial charge < -0.3 is 20.9 Å². The first-order valence-corrected chi connectivity index (χ1v) is 8.71. The summed E-state index contributed by atoms with van der Waals surface area (Å²) >= 11 is 0. The predicted molar refractivity (Wildman–Crippen MR) is 83.0 cm³/mol. The van der Waals surface area contributed by atoms with Crippen molar-refractivity contribution < 1.29 is 13.7 Å². The maximum Gasteiger partial charge on any atom is 0.335 e. The van der Waals surface area contributed by atoms with E-state index in [-0.39, 0.29) is 0 Å². The van der Waals surface area contributed by atoms with Crippen LogP contribution in [0.5, 0.6) is 0 Å². The third kappa shape index (κ3) is 16.0. The Balaban J connectivity index is 3.11. The van der Waals surface area contributed by atoms with Crippen molar-refractivity contribution in [3.8, 4) is 0 Å². The van der Waals surface area contributed by atoms with Gasteiger partial charge in [0.2, 0.25) is 0 Å². The number of nitrogens with one attached hydrogen (secondary N) is 3. The fourth-order valence-corrected chi connectivity index (χ4v) is 2.08. The molecule has 5 N–H and O–H groups in total. The molecule has 20 heavy (non-hydrogen) atoms. The van der Waals surface area contributed by atoms with Crippen LogP contribution >= 0.6 is 8.25 Å². The largest absolute Gasteiger partial charge is 0.335 e. The van der Waals surface area contributed by atoms with Crippen molar-refractivity contribution in [2.24, 2.45) is 5.73 Å². The number of hydrogen-bond donors (Lipinski definition) is 4. The molecule has 0 radical (unpaired) electrons. The van der Waals surface area contributed by atoms with E-state index in [1.165, 1.54) is 12.8 Å². The number of rotatable bonds is 16. The lowest BCUT2D eigenvalue weighted by Crippen LogP contribution is -2.33. The van der Waals surface area contributed by atoms with E-state index in [0.29, 0.717) is 19.7 Å². The zero-order valence-corrected chi connectivity index (χ0v) is 13.6. The molecule has 0 aliphatic heterocycles. The molecule has 0 spiro atoms. The Morgan fingerprint density at radius 1 is 1.00 bits per heavy atom. The van der Waals surface area contributed by atoms with Crippen LogP contribution < -0.4 is 21.8 Å². The molecule has 8 heteroatoms. The smallest absolute Gasteiger partial charge is 0.329 e. The van der Waals surface area contributed by atoms with E-state index < -0.39 is 8.25 Å². The summed E-state index contributed by atoms with van der Waals surface area (Å²) in [4.78, 5) is 0. The lowest BCUT2D eigenvalue weighted by Gasteiger charge is -2.08. The van der Waals surface area contributed by atoms with E-state index in [4.69, 9.17) is 14.9 Å². The quantitative estimate of drug-likeness (QED) is 0.189. The average Bonchev–Trinajstić information content (AvgIpc) is 2.45. The van der Waals surface area contributed by atoms with Gasteiger partial charge in [0.05, 0.1) is 6.61 Å². The number of hydroxylamine groups is 1. The van der Waals surface area contributed by atoms with Gasteiger partial charge in [0.1, 0.15) is 0 Å². The second-order valence-corrected chi connectivity index (χ2v) is 5.44. The topological polar surface area (TPSA) is 97.6 Å². The second kappa shape index (κ2) is 17.0. The highest BCUT2D eigenvalue weighted by molar-refractivity contribution is 7.33. The van der Waals surface area contributed by atoms with Crippen LogP contribution in [-0.2, 0) is 13.7 Å². The molecule has 0 aromatic rings. The minimum Gasteiger partial charge on any atom is -0.329 e. The van der Waals surface area contributed by atoms with E-state index in [0.717, 1.165) is 39.0 Å². The number of unbranched alkanes of at least 4 members (excludes halogenated alkanes) is 3. The third-order valence-electron chi connectivity index (χ3n) is 2.58. The van der Waals surface area contributed by atoms with Gasteiger partial charge in [0, 0.05) is 39.3 Å². The summed E-state index contributed by atoms with van der Waals surface area (Å²) in [7, 11) is -2.40. The summed E-state index contributed by atoms with van der Waals surface area (Å²) in [6.45, 7) is 7.23.